The van der Waals surface area contributed by atoms with Gasteiger partial charge in [0.1, 0.15) is 0 Å². The second kappa shape index (κ2) is 15.1. The minimum absolute atomic E-state index is 0.0789. The largest absolute Gasteiger partial charge is 0.463 e. The van der Waals surface area contributed by atoms with Gasteiger partial charge in [-0.25, -0.2) is 19.2 Å². The molecule has 1 aromatic rings. The number of ether oxygens (including phenoxy) is 4. The van der Waals surface area contributed by atoms with Crippen molar-refractivity contribution in [2.45, 2.75) is 79.4 Å². The molecule has 1 aromatic carbocycles. The molecular weight excluding hydrogens is 440 g/mol. The minimum Gasteiger partial charge on any atom is -0.463 e. The van der Waals surface area contributed by atoms with Crippen molar-refractivity contribution < 1.29 is 38.1 Å². The molecule has 2 atom stereocenters. The molecule has 8 nitrogen and oxygen atoms in total. The summed E-state index contributed by atoms with van der Waals surface area (Å²) in [5.41, 5.74) is -0.158. The van der Waals surface area contributed by atoms with Crippen LogP contribution >= 0.6 is 0 Å². The molecule has 8 heteroatoms. The average Bonchev–Trinajstić information content (AvgIpc) is 2.84. The van der Waals surface area contributed by atoms with Crippen LogP contribution in [-0.2, 0) is 28.5 Å². The van der Waals surface area contributed by atoms with Crippen LogP contribution in [0.4, 0.5) is 0 Å². The van der Waals surface area contributed by atoms with Crippen LogP contribution in [0.1, 0.15) is 87.9 Å². The van der Waals surface area contributed by atoms with Crippen molar-refractivity contribution in [2.75, 3.05) is 13.2 Å². The summed E-state index contributed by atoms with van der Waals surface area (Å²) in [5.74, 6) is -2.58. The number of esters is 4. The lowest BCUT2D eigenvalue weighted by Crippen LogP contribution is -2.30. The summed E-state index contributed by atoms with van der Waals surface area (Å²) in [6.07, 6.45) is 1.19. The number of benzene rings is 1. The first kappa shape index (κ1) is 29.1. The molecule has 0 amide bonds. The highest BCUT2D eigenvalue weighted by Crippen LogP contribution is 2.16. The van der Waals surface area contributed by atoms with Crippen LogP contribution in [0.5, 0.6) is 0 Å². The molecule has 0 saturated carbocycles. The maximum Gasteiger partial charge on any atom is 0.347 e. The first-order chi connectivity index (χ1) is 16.2. The van der Waals surface area contributed by atoms with E-state index in [0.717, 1.165) is 25.7 Å². The highest BCUT2D eigenvalue weighted by atomic mass is 16.6. The summed E-state index contributed by atoms with van der Waals surface area (Å²) < 4.78 is 20.9. The summed E-state index contributed by atoms with van der Waals surface area (Å²) in [6.45, 7) is 11.4. The zero-order valence-corrected chi connectivity index (χ0v) is 21.1. The lowest BCUT2D eigenvalue weighted by atomic mass is 10.1. The molecule has 0 heterocycles. The summed E-state index contributed by atoms with van der Waals surface area (Å²) in [5, 5.41) is 0. The monoisotopic (exact) mass is 478 g/mol. The SMILES string of the molecule is CCC(CC)COC(=O)[C@H](C)OC(=O)c1ccccc1C(=O)O[C@@H](C)C(=O)OCC(CC)CC. The zero-order valence-electron chi connectivity index (χ0n) is 21.1. The van der Waals surface area contributed by atoms with E-state index in [1.54, 1.807) is 12.1 Å². The lowest BCUT2D eigenvalue weighted by Gasteiger charge is -2.18. The molecule has 0 radical (unpaired) electrons. The van der Waals surface area contributed by atoms with Gasteiger partial charge in [0.05, 0.1) is 24.3 Å². The lowest BCUT2D eigenvalue weighted by molar-refractivity contribution is -0.155. The van der Waals surface area contributed by atoms with Gasteiger partial charge in [0.15, 0.2) is 12.2 Å². The molecule has 0 aliphatic carbocycles. The number of hydrogen-bond donors (Lipinski definition) is 0. The Balaban J connectivity index is 2.77. The highest BCUT2D eigenvalue weighted by molar-refractivity contribution is 6.04. The second-order valence-electron chi connectivity index (χ2n) is 8.27. The van der Waals surface area contributed by atoms with E-state index in [2.05, 4.69) is 0 Å². The Morgan fingerprint density at radius 1 is 0.647 bits per heavy atom. The molecule has 0 unspecified atom stereocenters. The van der Waals surface area contributed by atoms with Crippen molar-refractivity contribution in [1.82, 2.24) is 0 Å². The normalized spacial score (nSPS) is 12.7. The fourth-order valence-electron chi connectivity index (χ4n) is 3.07. The molecule has 0 aromatic heterocycles. The van der Waals surface area contributed by atoms with Crippen LogP contribution in [0, 0.1) is 11.8 Å². The Kier molecular flexibility index (Phi) is 12.9. The van der Waals surface area contributed by atoms with Crippen molar-refractivity contribution >= 4 is 23.9 Å². The quantitative estimate of drug-likeness (QED) is 0.279. The first-order valence-corrected chi connectivity index (χ1v) is 12.0. The number of rotatable bonds is 14. The number of carbonyl (C=O) groups excluding carboxylic acids is 4. The van der Waals surface area contributed by atoms with Crippen molar-refractivity contribution in [3.8, 4) is 0 Å². The van der Waals surface area contributed by atoms with Gasteiger partial charge in [-0.15, -0.1) is 0 Å². The van der Waals surface area contributed by atoms with E-state index >= 15 is 0 Å². The van der Waals surface area contributed by atoms with Crippen LogP contribution in [0.3, 0.4) is 0 Å². The minimum atomic E-state index is -1.15. The topological polar surface area (TPSA) is 105 Å². The molecule has 0 N–H and O–H groups in total. The second-order valence-corrected chi connectivity index (χ2v) is 8.27. The standard InChI is InChI=1S/C26H38O8/c1-7-19(8-2)15-31-23(27)17(5)33-25(29)21-13-11-12-14-22(21)26(30)34-18(6)24(28)32-16-20(9-3)10-4/h11-14,17-20H,7-10,15-16H2,1-6H3/t17-,18-/m0/s1. The van der Waals surface area contributed by atoms with Crippen molar-refractivity contribution in [2.24, 2.45) is 11.8 Å². The van der Waals surface area contributed by atoms with E-state index < -0.39 is 36.1 Å². The van der Waals surface area contributed by atoms with Crippen LogP contribution in [0.25, 0.3) is 0 Å². The number of hydrogen-bond acceptors (Lipinski definition) is 8. The van der Waals surface area contributed by atoms with E-state index in [4.69, 9.17) is 18.9 Å². The summed E-state index contributed by atoms with van der Waals surface area (Å²) in [6, 6.07) is 5.88. The van der Waals surface area contributed by atoms with Gasteiger partial charge >= 0.3 is 23.9 Å². The molecule has 34 heavy (non-hydrogen) atoms. The smallest absolute Gasteiger partial charge is 0.347 e. The predicted molar refractivity (Wildman–Crippen MR) is 126 cm³/mol. The fraction of sp³-hybridized carbons (Fsp3) is 0.615. The van der Waals surface area contributed by atoms with Gasteiger partial charge in [-0.3, -0.25) is 0 Å². The van der Waals surface area contributed by atoms with Crippen molar-refractivity contribution in [3.63, 3.8) is 0 Å². The Morgan fingerprint density at radius 2 is 0.971 bits per heavy atom. The third-order valence-corrected chi connectivity index (χ3v) is 5.83. The summed E-state index contributed by atoms with van der Waals surface area (Å²) in [7, 11) is 0. The molecule has 0 spiro atoms. The molecule has 0 aliphatic rings. The van der Waals surface area contributed by atoms with E-state index in [1.807, 2.05) is 27.7 Å². The van der Waals surface area contributed by atoms with Crippen LogP contribution in [0.15, 0.2) is 24.3 Å². The van der Waals surface area contributed by atoms with Gasteiger partial charge in [0.25, 0.3) is 0 Å². The predicted octanol–water partition coefficient (Wildman–Crippen LogP) is 4.74. The van der Waals surface area contributed by atoms with Gasteiger partial charge < -0.3 is 18.9 Å². The Hall–Kier alpha value is -2.90. The Bertz CT molecular complexity index is 744. The zero-order chi connectivity index (χ0) is 25.7. The fourth-order valence-corrected chi connectivity index (χ4v) is 3.07. The Labute approximate surface area is 202 Å². The third kappa shape index (κ3) is 9.15. The van der Waals surface area contributed by atoms with Gasteiger partial charge in [-0.1, -0.05) is 65.5 Å². The van der Waals surface area contributed by atoms with Gasteiger partial charge in [0.2, 0.25) is 0 Å². The average molecular weight is 479 g/mol. The molecular formula is C26H38O8. The first-order valence-electron chi connectivity index (χ1n) is 12.0. The van der Waals surface area contributed by atoms with Crippen molar-refractivity contribution in [3.05, 3.63) is 35.4 Å². The molecule has 0 fully saturated rings. The van der Waals surface area contributed by atoms with Crippen molar-refractivity contribution in [1.29, 1.82) is 0 Å². The van der Waals surface area contributed by atoms with E-state index in [-0.39, 0.29) is 36.2 Å². The number of carbonyl (C=O) groups is 4. The van der Waals surface area contributed by atoms with E-state index in [1.165, 1.54) is 26.0 Å². The maximum absolute atomic E-state index is 12.7. The van der Waals surface area contributed by atoms with Gasteiger partial charge in [0, 0.05) is 0 Å². The van der Waals surface area contributed by atoms with E-state index in [0.29, 0.717) is 0 Å². The van der Waals surface area contributed by atoms with Gasteiger partial charge in [-0.05, 0) is 37.8 Å². The molecule has 0 saturated heterocycles. The molecule has 190 valence electrons. The van der Waals surface area contributed by atoms with Crippen LogP contribution < -0.4 is 0 Å². The Morgan fingerprint density at radius 3 is 1.26 bits per heavy atom. The molecule has 0 aliphatic heterocycles. The molecule has 0 bridgehead atoms. The van der Waals surface area contributed by atoms with Crippen LogP contribution in [0.2, 0.25) is 0 Å². The summed E-state index contributed by atoms with van der Waals surface area (Å²) >= 11 is 0. The highest BCUT2D eigenvalue weighted by Gasteiger charge is 2.27. The van der Waals surface area contributed by atoms with E-state index in [9.17, 15) is 19.2 Å². The third-order valence-electron chi connectivity index (χ3n) is 5.83. The maximum atomic E-state index is 12.7. The summed E-state index contributed by atoms with van der Waals surface area (Å²) in [4.78, 5) is 49.7. The van der Waals surface area contributed by atoms with Crippen LogP contribution in [-0.4, -0.2) is 49.3 Å². The molecule has 1 rings (SSSR count). The van der Waals surface area contributed by atoms with Gasteiger partial charge in [-0.2, -0.15) is 0 Å².